The molecule has 10 heteroatoms. The average molecular weight is 515 g/mol. The van der Waals surface area contributed by atoms with E-state index in [2.05, 4.69) is 5.10 Å². The number of benzene rings is 3. The van der Waals surface area contributed by atoms with Crippen LogP contribution in [0.25, 0.3) is 0 Å². The molecule has 6 rings (SSSR count). The van der Waals surface area contributed by atoms with E-state index >= 15 is 0 Å². The molecule has 0 aliphatic carbocycles. The number of hydrogen-bond acceptors (Lipinski definition) is 7. The summed E-state index contributed by atoms with van der Waals surface area (Å²) in [6.07, 6.45) is 1.64. The Morgan fingerprint density at radius 1 is 1.00 bits per heavy atom. The zero-order valence-electron chi connectivity index (χ0n) is 19.4. The number of carbonyl (C=O) groups excluding carboxylic acids is 3. The standard InChI is InChI=1S/C27H19ClN4O5/c1-14-12-18(32(36)37)10-11-20(14)30-26(34)21-22(27(30)35)24(25(33)15-6-8-17(28)9-7-15)31-23(21)19-5-3-2-4-16(19)13-29-31/h2-13,21-24H,1H3/t21-,22+,23+,24-/m0/s1. The summed E-state index contributed by atoms with van der Waals surface area (Å²) in [7, 11) is 0. The number of anilines is 1. The highest BCUT2D eigenvalue weighted by Crippen LogP contribution is 2.53. The quantitative estimate of drug-likeness (QED) is 0.222. The van der Waals surface area contributed by atoms with Crippen LogP contribution in [0.15, 0.2) is 71.8 Å². The van der Waals surface area contributed by atoms with Crippen LogP contribution in [-0.2, 0) is 9.59 Å². The number of Topliss-reactive ketones (excluding diaryl/α,β-unsaturated/α-hetero) is 1. The zero-order valence-corrected chi connectivity index (χ0v) is 20.2. The van der Waals surface area contributed by atoms with Gasteiger partial charge in [-0.25, -0.2) is 4.90 Å². The van der Waals surface area contributed by atoms with E-state index in [9.17, 15) is 24.5 Å². The summed E-state index contributed by atoms with van der Waals surface area (Å²) in [4.78, 5) is 53.5. The molecule has 3 heterocycles. The molecule has 0 spiro atoms. The number of aryl methyl sites for hydroxylation is 1. The predicted molar refractivity (Wildman–Crippen MR) is 135 cm³/mol. The number of imide groups is 1. The first-order chi connectivity index (χ1) is 17.8. The van der Waals surface area contributed by atoms with Crippen LogP contribution in [0.4, 0.5) is 11.4 Å². The number of nitro groups is 1. The SMILES string of the molecule is Cc1cc([N+](=O)[O-])ccc1N1C(=O)[C@@H]2[C@H](C1=O)[C@H]1c3ccccc3C=NN1[C@@H]2C(=O)c1ccc(Cl)cc1. The number of amides is 2. The van der Waals surface area contributed by atoms with Crippen molar-refractivity contribution in [2.24, 2.45) is 16.9 Å². The molecule has 3 aliphatic heterocycles. The topological polar surface area (TPSA) is 113 Å². The third-order valence-electron chi connectivity index (χ3n) is 7.32. The Balaban J connectivity index is 1.49. The van der Waals surface area contributed by atoms with E-state index in [1.165, 1.54) is 18.2 Å². The largest absolute Gasteiger partial charge is 0.292 e. The number of hydrazone groups is 1. The molecule has 2 saturated heterocycles. The summed E-state index contributed by atoms with van der Waals surface area (Å²) in [5, 5.41) is 17.8. The second-order valence-electron chi connectivity index (χ2n) is 9.31. The van der Waals surface area contributed by atoms with E-state index in [1.807, 2.05) is 24.3 Å². The van der Waals surface area contributed by atoms with Crippen molar-refractivity contribution >= 4 is 46.8 Å². The second kappa shape index (κ2) is 8.35. The van der Waals surface area contributed by atoms with Gasteiger partial charge in [0, 0.05) is 22.7 Å². The fourth-order valence-corrected chi connectivity index (χ4v) is 5.82. The van der Waals surface area contributed by atoms with E-state index in [1.54, 1.807) is 42.4 Å². The molecule has 9 nitrogen and oxygen atoms in total. The van der Waals surface area contributed by atoms with Crippen molar-refractivity contribution in [1.29, 1.82) is 0 Å². The summed E-state index contributed by atoms with van der Waals surface area (Å²) >= 11 is 6.01. The maximum atomic E-state index is 13.9. The molecule has 0 radical (unpaired) electrons. The van der Waals surface area contributed by atoms with Gasteiger partial charge in [0.25, 0.3) is 5.69 Å². The van der Waals surface area contributed by atoms with Gasteiger partial charge in [-0.05, 0) is 53.9 Å². The summed E-state index contributed by atoms with van der Waals surface area (Å²) < 4.78 is 0. The molecule has 3 aliphatic rings. The number of fused-ring (bicyclic) bond motifs is 5. The van der Waals surface area contributed by atoms with Crippen LogP contribution in [0, 0.1) is 28.9 Å². The van der Waals surface area contributed by atoms with Gasteiger partial charge < -0.3 is 0 Å². The molecule has 2 fully saturated rings. The Kier molecular flexibility index (Phi) is 5.20. The monoisotopic (exact) mass is 514 g/mol. The molecule has 0 saturated carbocycles. The Morgan fingerprint density at radius 3 is 2.41 bits per heavy atom. The van der Waals surface area contributed by atoms with Crippen LogP contribution in [0.5, 0.6) is 0 Å². The van der Waals surface area contributed by atoms with E-state index < -0.39 is 40.7 Å². The highest BCUT2D eigenvalue weighted by Gasteiger charge is 2.65. The Labute approximate surface area is 216 Å². The zero-order chi connectivity index (χ0) is 26.0. The van der Waals surface area contributed by atoms with Crippen molar-refractivity contribution in [3.63, 3.8) is 0 Å². The molecule has 2 amide bonds. The fourth-order valence-electron chi connectivity index (χ4n) is 5.69. The summed E-state index contributed by atoms with van der Waals surface area (Å²) in [5.74, 6) is -3.17. The van der Waals surface area contributed by atoms with Crippen molar-refractivity contribution in [3.05, 3.63) is 104 Å². The minimum absolute atomic E-state index is 0.141. The van der Waals surface area contributed by atoms with Crippen LogP contribution in [-0.4, -0.2) is 39.8 Å². The van der Waals surface area contributed by atoms with Crippen molar-refractivity contribution in [3.8, 4) is 0 Å². The number of nitro benzene ring substituents is 1. The second-order valence-corrected chi connectivity index (χ2v) is 9.74. The van der Waals surface area contributed by atoms with Crippen molar-refractivity contribution < 1.29 is 19.3 Å². The average Bonchev–Trinajstić information content (AvgIpc) is 3.36. The Bertz CT molecular complexity index is 1540. The highest BCUT2D eigenvalue weighted by molar-refractivity contribution is 6.30. The summed E-state index contributed by atoms with van der Waals surface area (Å²) in [5.41, 5.74) is 2.52. The first kappa shape index (κ1) is 23.1. The van der Waals surface area contributed by atoms with E-state index in [-0.39, 0.29) is 17.2 Å². The van der Waals surface area contributed by atoms with Gasteiger partial charge in [0.05, 0.1) is 34.7 Å². The van der Waals surface area contributed by atoms with Crippen LogP contribution in [0.3, 0.4) is 0 Å². The molecule has 3 aromatic rings. The molecule has 0 bridgehead atoms. The Hall–Kier alpha value is -4.37. The lowest BCUT2D eigenvalue weighted by molar-refractivity contribution is -0.384. The number of nitrogens with zero attached hydrogens (tertiary/aromatic N) is 4. The van der Waals surface area contributed by atoms with Crippen LogP contribution in [0.1, 0.15) is 33.1 Å². The normalized spacial score (nSPS) is 23.6. The molecular weight excluding hydrogens is 496 g/mol. The van der Waals surface area contributed by atoms with Crippen LogP contribution < -0.4 is 4.90 Å². The lowest BCUT2D eigenvalue weighted by atomic mass is 9.83. The van der Waals surface area contributed by atoms with Crippen LogP contribution in [0.2, 0.25) is 5.02 Å². The molecule has 0 N–H and O–H groups in total. The number of carbonyl (C=O) groups is 3. The van der Waals surface area contributed by atoms with Crippen molar-refractivity contribution in [2.45, 2.75) is 19.0 Å². The molecule has 0 unspecified atom stereocenters. The predicted octanol–water partition coefficient (Wildman–Crippen LogP) is 4.32. The molecule has 3 aromatic carbocycles. The number of ketones is 1. The Morgan fingerprint density at radius 2 is 1.70 bits per heavy atom. The summed E-state index contributed by atoms with van der Waals surface area (Å²) in [6.45, 7) is 1.61. The smallest absolute Gasteiger partial charge is 0.269 e. The van der Waals surface area contributed by atoms with Gasteiger partial charge in [-0.1, -0.05) is 35.9 Å². The summed E-state index contributed by atoms with van der Waals surface area (Å²) in [6, 6.07) is 16.2. The van der Waals surface area contributed by atoms with E-state index in [0.29, 0.717) is 16.1 Å². The maximum Gasteiger partial charge on any atom is 0.269 e. The molecule has 4 atom stereocenters. The lowest BCUT2D eigenvalue weighted by Gasteiger charge is -2.34. The molecular formula is C27H19ClN4O5. The first-order valence-electron chi connectivity index (χ1n) is 11.6. The van der Waals surface area contributed by atoms with Gasteiger partial charge >= 0.3 is 0 Å². The van der Waals surface area contributed by atoms with Gasteiger partial charge in [-0.2, -0.15) is 5.10 Å². The van der Waals surface area contributed by atoms with Gasteiger partial charge in [-0.3, -0.25) is 29.5 Å². The highest BCUT2D eigenvalue weighted by atomic mass is 35.5. The van der Waals surface area contributed by atoms with Gasteiger partial charge in [0.2, 0.25) is 11.8 Å². The minimum Gasteiger partial charge on any atom is -0.292 e. The van der Waals surface area contributed by atoms with E-state index in [0.717, 1.165) is 16.0 Å². The number of non-ortho nitro benzene ring substituents is 1. The van der Waals surface area contributed by atoms with Gasteiger partial charge in [0.15, 0.2) is 5.78 Å². The molecule has 37 heavy (non-hydrogen) atoms. The number of rotatable bonds is 4. The number of hydrogen-bond donors (Lipinski definition) is 0. The van der Waals surface area contributed by atoms with Crippen LogP contribution >= 0.6 is 11.6 Å². The van der Waals surface area contributed by atoms with Crippen molar-refractivity contribution in [1.82, 2.24) is 5.01 Å². The number of halogens is 1. The minimum atomic E-state index is -1.01. The van der Waals surface area contributed by atoms with Gasteiger partial charge in [-0.15, -0.1) is 0 Å². The maximum absolute atomic E-state index is 13.9. The lowest BCUT2D eigenvalue weighted by Crippen LogP contribution is -2.44. The van der Waals surface area contributed by atoms with E-state index in [4.69, 9.17) is 11.6 Å². The van der Waals surface area contributed by atoms with Crippen molar-refractivity contribution in [2.75, 3.05) is 4.90 Å². The third-order valence-corrected chi connectivity index (χ3v) is 7.57. The first-order valence-corrected chi connectivity index (χ1v) is 12.0. The third kappa shape index (κ3) is 3.38. The molecule has 184 valence electrons. The van der Waals surface area contributed by atoms with Gasteiger partial charge in [0.1, 0.15) is 6.04 Å². The fraction of sp³-hybridized carbons (Fsp3) is 0.185. The molecule has 0 aromatic heterocycles.